The number of carbonyl (C=O) groups excluding carboxylic acids is 1. The summed E-state index contributed by atoms with van der Waals surface area (Å²) in [5.74, 6) is 0.838. The van der Waals surface area contributed by atoms with Gasteiger partial charge in [-0.2, -0.15) is 0 Å². The second-order valence-corrected chi connectivity index (χ2v) is 8.56. The molecule has 4 rings (SSSR count). The topological polar surface area (TPSA) is 94.1 Å². The fraction of sp³-hybridized carbons (Fsp3) is 0.480. The molecule has 4 N–H and O–H groups in total. The molecule has 0 saturated carbocycles. The zero-order valence-electron chi connectivity index (χ0n) is 18.5. The van der Waals surface area contributed by atoms with Crippen LogP contribution in [0.15, 0.2) is 48.5 Å². The molecule has 4 unspecified atom stereocenters. The molecule has 1 amide bonds. The maximum absolute atomic E-state index is 13.1. The molecule has 2 heterocycles. The van der Waals surface area contributed by atoms with Crippen LogP contribution in [0.4, 0.5) is 0 Å². The summed E-state index contributed by atoms with van der Waals surface area (Å²) >= 11 is 0. The molecule has 0 aromatic heterocycles. The lowest BCUT2D eigenvalue weighted by atomic mass is 9.83. The van der Waals surface area contributed by atoms with Gasteiger partial charge in [-0.1, -0.05) is 56.5 Å². The maximum atomic E-state index is 13.1. The molecule has 2 saturated heterocycles. The number of β-amino-alcohol motifs (C(OH)–C–C–N with tert-alkyl or cyclic N) is 1. The lowest BCUT2D eigenvalue weighted by Crippen LogP contribution is -2.42. The smallest absolute Gasteiger partial charge is 0.242 e. The van der Waals surface area contributed by atoms with Crippen LogP contribution in [-0.2, 0) is 4.79 Å². The van der Waals surface area contributed by atoms with Gasteiger partial charge in [0.15, 0.2) is 0 Å². The summed E-state index contributed by atoms with van der Waals surface area (Å²) in [4.78, 5) is 14.9. The second kappa shape index (κ2) is 10.3. The van der Waals surface area contributed by atoms with E-state index in [1.54, 1.807) is 17.0 Å². The zero-order chi connectivity index (χ0) is 22.5. The molecule has 7 heteroatoms. The molecule has 2 aromatic rings. The van der Waals surface area contributed by atoms with Crippen molar-refractivity contribution in [2.24, 2.45) is 5.92 Å². The quantitative estimate of drug-likeness (QED) is 0.425. The molecule has 0 aliphatic carbocycles. The van der Waals surface area contributed by atoms with Crippen LogP contribution in [-0.4, -0.2) is 46.8 Å². The number of nitrogens with zero attached hydrogens (tertiary/aromatic N) is 1. The molecular formula is C25H33N3O4. The molecule has 0 bridgehead atoms. The van der Waals surface area contributed by atoms with Gasteiger partial charge in [-0.05, 0) is 30.2 Å². The van der Waals surface area contributed by atoms with Crippen molar-refractivity contribution in [1.29, 1.82) is 0 Å². The van der Waals surface area contributed by atoms with Gasteiger partial charge in [-0.25, -0.2) is 10.9 Å². The van der Waals surface area contributed by atoms with Crippen LogP contribution in [0.5, 0.6) is 11.5 Å². The zero-order valence-corrected chi connectivity index (χ0v) is 18.5. The molecule has 172 valence electrons. The first-order valence-electron chi connectivity index (χ1n) is 11.6. The normalized spacial score (nSPS) is 24.7. The van der Waals surface area contributed by atoms with Crippen molar-refractivity contribution in [3.63, 3.8) is 0 Å². The Kier molecular flexibility index (Phi) is 7.29. The number of unbranched alkanes of at least 4 members (excludes halogenated alkanes) is 3. The average molecular weight is 440 g/mol. The van der Waals surface area contributed by atoms with Crippen molar-refractivity contribution in [2.45, 2.75) is 50.7 Å². The van der Waals surface area contributed by atoms with Crippen molar-refractivity contribution in [1.82, 2.24) is 15.8 Å². The minimum atomic E-state index is -0.425. The third-order valence-corrected chi connectivity index (χ3v) is 6.51. The van der Waals surface area contributed by atoms with E-state index < -0.39 is 6.04 Å². The summed E-state index contributed by atoms with van der Waals surface area (Å²) in [6, 6.07) is 14.2. The summed E-state index contributed by atoms with van der Waals surface area (Å²) in [6.07, 6.45) is 4.64. The lowest BCUT2D eigenvalue weighted by Gasteiger charge is -2.31. The highest BCUT2D eigenvalue weighted by atomic mass is 16.5. The van der Waals surface area contributed by atoms with E-state index in [0.717, 1.165) is 23.3 Å². The van der Waals surface area contributed by atoms with E-state index in [9.17, 15) is 15.0 Å². The molecule has 7 nitrogen and oxygen atoms in total. The number of para-hydroxylation sites is 1. The summed E-state index contributed by atoms with van der Waals surface area (Å²) in [7, 11) is 0. The van der Waals surface area contributed by atoms with E-state index in [4.69, 9.17) is 4.74 Å². The van der Waals surface area contributed by atoms with Gasteiger partial charge < -0.3 is 19.8 Å². The highest BCUT2D eigenvalue weighted by Crippen LogP contribution is 2.48. The van der Waals surface area contributed by atoms with Crippen LogP contribution >= 0.6 is 0 Å². The summed E-state index contributed by atoms with van der Waals surface area (Å²) in [5, 5.41) is 20.0. The third kappa shape index (κ3) is 4.46. The Morgan fingerprint density at radius 1 is 1.00 bits per heavy atom. The fourth-order valence-corrected chi connectivity index (χ4v) is 4.95. The molecule has 2 aromatic carbocycles. The maximum Gasteiger partial charge on any atom is 0.242 e. The van der Waals surface area contributed by atoms with E-state index in [2.05, 4.69) is 17.8 Å². The van der Waals surface area contributed by atoms with E-state index in [-0.39, 0.29) is 42.8 Å². The SMILES string of the molecule is CCCCCCOc1ccc(C2C3C(NNC3c3ccccc3O)C(=O)N2CCO)cc1. The van der Waals surface area contributed by atoms with E-state index in [0.29, 0.717) is 6.61 Å². The number of ether oxygens (including phenoxy) is 1. The number of aliphatic hydroxyl groups excluding tert-OH is 1. The first-order valence-corrected chi connectivity index (χ1v) is 11.6. The number of hydrogen-bond acceptors (Lipinski definition) is 6. The Bertz CT molecular complexity index is 904. The van der Waals surface area contributed by atoms with E-state index in [1.807, 2.05) is 36.4 Å². The van der Waals surface area contributed by atoms with Gasteiger partial charge in [-0.15, -0.1) is 0 Å². The van der Waals surface area contributed by atoms with Crippen LogP contribution in [0.25, 0.3) is 0 Å². The predicted octanol–water partition coefficient (Wildman–Crippen LogP) is 3.06. The van der Waals surface area contributed by atoms with Crippen LogP contribution in [0.3, 0.4) is 0 Å². The average Bonchev–Trinajstić information content (AvgIpc) is 3.34. The van der Waals surface area contributed by atoms with Crippen molar-refractivity contribution in [2.75, 3.05) is 19.8 Å². The Morgan fingerprint density at radius 3 is 2.47 bits per heavy atom. The number of rotatable bonds is 10. The van der Waals surface area contributed by atoms with Gasteiger partial charge in [-0.3, -0.25) is 4.79 Å². The number of likely N-dealkylation sites (tertiary alicyclic amines) is 1. The Morgan fingerprint density at radius 2 is 1.75 bits per heavy atom. The lowest BCUT2D eigenvalue weighted by molar-refractivity contribution is -0.131. The number of hydrazine groups is 1. The van der Waals surface area contributed by atoms with E-state index >= 15 is 0 Å². The van der Waals surface area contributed by atoms with Crippen LogP contribution in [0.2, 0.25) is 0 Å². The van der Waals surface area contributed by atoms with Crippen LogP contribution < -0.4 is 15.6 Å². The van der Waals surface area contributed by atoms with Gasteiger partial charge in [0, 0.05) is 18.0 Å². The van der Waals surface area contributed by atoms with Gasteiger partial charge in [0.2, 0.25) is 5.91 Å². The van der Waals surface area contributed by atoms with Crippen molar-refractivity contribution in [3.05, 3.63) is 59.7 Å². The minimum Gasteiger partial charge on any atom is -0.508 e. The predicted molar refractivity (Wildman–Crippen MR) is 122 cm³/mol. The Hall–Kier alpha value is -2.61. The number of phenols is 1. The molecule has 2 aliphatic rings. The highest BCUT2D eigenvalue weighted by Gasteiger charge is 2.55. The number of fused-ring (bicyclic) bond motifs is 1. The van der Waals surface area contributed by atoms with Crippen LogP contribution in [0, 0.1) is 5.92 Å². The molecule has 32 heavy (non-hydrogen) atoms. The Labute approximate surface area is 189 Å². The first-order chi connectivity index (χ1) is 15.7. The number of aliphatic hydroxyl groups is 1. The monoisotopic (exact) mass is 439 g/mol. The van der Waals surface area contributed by atoms with Crippen LogP contribution in [0.1, 0.15) is 55.8 Å². The minimum absolute atomic E-state index is 0.0456. The molecule has 2 aliphatic heterocycles. The molecule has 0 radical (unpaired) electrons. The molecule has 0 spiro atoms. The van der Waals surface area contributed by atoms with Gasteiger partial charge >= 0.3 is 0 Å². The number of nitrogens with one attached hydrogen (secondary N) is 2. The summed E-state index contributed by atoms with van der Waals surface area (Å²) < 4.78 is 5.88. The fourth-order valence-electron chi connectivity index (χ4n) is 4.95. The van der Waals surface area contributed by atoms with Gasteiger partial charge in [0.05, 0.1) is 25.3 Å². The third-order valence-electron chi connectivity index (χ3n) is 6.51. The molecule has 4 atom stereocenters. The summed E-state index contributed by atoms with van der Waals surface area (Å²) in [6.45, 7) is 3.06. The molecular weight excluding hydrogens is 406 g/mol. The highest BCUT2D eigenvalue weighted by molar-refractivity contribution is 5.86. The largest absolute Gasteiger partial charge is 0.508 e. The Balaban J connectivity index is 1.57. The standard InChI is InChI=1S/C25H33N3O4/c1-2-3-4-7-16-32-18-12-10-17(11-13-18)24-21-22(19-8-5-6-9-20(19)30)26-27-23(21)25(31)28(24)14-15-29/h5-6,8-13,21-24,26-27,29-30H,2-4,7,14-16H2,1H3. The van der Waals surface area contributed by atoms with Crippen molar-refractivity contribution in [3.8, 4) is 11.5 Å². The van der Waals surface area contributed by atoms with Crippen molar-refractivity contribution < 1.29 is 19.7 Å². The number of carbonyl (C=O) groups is 1. The summed E-state index contributed by atoms with van der Waals surface area (Å²) in [5.41, 5.74) is 8.09. The molecule has 2 fully saturated rings. The van der Waals surface area contributed by atoms with Gasteiger partial charge in [0.25, 0.3) is 0 Å². The number of benzene rings is 2. The first kappa shape index (κ1) is 22.6. The number of amides is 1. The van der Waals surface area contributed by atoms with Crippen molar-refractivity contribution >= 4 is 5.91 Å². The van der Waals surface area contributed by atoms with E-state index in [1.165, 1.54) is 19.3 Å². The second-order valence-electron chi connectivity index (χ2n) is 8.56. The number of aromatic hydroxyl groups is 1. The number of phenolic OH excluding ortho intramolecular Hbond substituents is 1. The number of hydrogen-bond donors (Lipinski definition) is 4. The van der Waals surface area contributed by atoms with Gasteiger partial charge in [0.1, 0.15) is 17.5 Å².